The molecule has 0 aliphatic carbocycles. The average molecular weight is 1760 g/mol. The van der Waals surface area contributed by atoms with Crippen LogP contribution >= 0.6 is 0 Å². The number of unbranched alkanes of at least 4 members (excludes halogenated alkanes) is 1. The summed E-state index contributed by atoms with van der Waals surface area (Å²) in [4.78, 5) is 228. The number of hydrazine groups is 2. The zero-order valence-electron chi connectivity index (χ0n) is 69.5. The van der Waals surface area contributed by atoms with Crippen molar-refractivity contribution in [2.45, 2.75) is 108 Å². The van der Waals surface area contributed by atoms with Gasteiger partial charge in [0.2, 0.25) is 100 Å². The first-order chi connectivity index (χ1) is 59.7. The smallest absolute Gasteiger partial charge is 0.246 e. The lowest BCUT2D eigenvalue weighted by molar-refractivity contribution is -0.133. The van der Waals surface area contributed by atoms with E-state index in [0.717, 1.165) is 12.8 Å². The van der Waals surface area contributed by atoms with E-state index >= 15 is 0 Å². The second-order valence-electron chi connectivity index (χ2n) is 27.3. The fraction of sp³-hybridized carbons (Fsp3) is 0.653. The number of nitrogens with two attached hydrogens (primary N) is 3. The summed E-state index contributed by atoms with van der Waals surface area (Å²) in [6, 6.07) is -6.14. The van der Waals surface area contributed by atoms with Crippen molar-refractivity contribution in [2.24, 2.45) is 22.2 Å². The molecule has 0 aromatic carbocycles. The minimum Gasteiger partial charge on any atom is -0.377 e. The van der Waals surface area contributed by atoms with Crippen molar-refractivity contribution < 1.29 is 119 Å². The van der Waals surface area contributed by atoms with Gasteiger partial charge in [-0.25, -0.2) is 4.98 Å². The summed E-state index contributed by atoms with van der Waals surface area (Å²) >= 11 is 0. The number of aliphatic imine (C=N–C) groups is 1. The molecular weight excluding hydrogens is 1640 g/mol. The zero-order chi connectivity index (χ0) is 90.3. The predicted molar refractivity (Wildman–Crippen MR) is 434 cm³/mol. The van der Waals surface area contributed by atoms with Crippen LogP contribution in [-0.2, 0) is 126 Å². The number of ether oxygens (including phenoxy) is 8. The Balaban J connectivity index is 1.09. The number of carbonyl (C=O) groups is 17. The first kappa shape index (κ1) is 104. The fourth-order valence-electron chi connectivity index (χ4n) is 10.8. The first-order valence-electron chi connectivity index (χ1n) is 40.3. The van der Waals surface area contributed by atoms with Gasteiger partial charge in [0.05, 0.1) is 164 Å². The molecule has 17 amide bonds. The number of hydrogen-bond acceptors (Lipinski definition) is 32. The minimum absolute atomic E-state index is 0.0116. The van der Waals surface area contributed by atoms with Crippen molar-refractivity contribution in [1.29, 1.82) is 0 Å². The van der Waals surface area contributed by atoms with Crippen molar-refractivity contribution in [1.82, 2.24) is 122 Å². The molecule has 2 bridgehead atoms. The number of rotatable bonds is 55. The normalized spacial score (nSPS) is 16.3. The lowest BCUT2D eigenvalue weighted by atomic mass is 10.1. The van der Waals surface area contributed by atoms with Crippen LogP contribution in [0.25, 0.3) is 0 Å². The summed E-state index contributed by atoms with van der Waals surface area (Å²) < 4.78 is 43.7. The summed E-state index contributed by atoms with van der Waals surface area (Å²) in [6.45, 7) is -0.437. The van der Waals surface area contributed by atoms with Crippen molar-refractivity contribution in [2.75, 3.05) is 197 Å². The van der Waals surface area contributed by atoms with E-state index in [1.54, 1.807) is 17.4 Å². The summed E-state index contributed by atoms with van der Waals surface area (Å²) in [5.41, 5.74) is 23.7. The number of fused-ring (bicyclic) bond motifs is 1. The van der Waals surface area contributed by atoms with Crippen LogP contribution in [0.2, 0.25) is 0 Å². The van der Waals surface area contributed by atoms with Gasteiger partial charge >= 0.3 is 0 Å². The number of amides is 17. The number of carbonyl (C=O) groups excluding carboxylic acids is 17. The number of primary amides is 1. The first-order valence-corrected chi connectivity index (χ1v) is 40.3. The molecule has 0 radical (unpaired) electrons. The molecule has 52 heteroatoms. The van der Waals surface area contributed by atoms with Gasteiger partial charge in [-0.05, 0) is 38.5 Å². The highest BCUT2D eigenvalue weighted by molar-refractivity contribution is 5.97. The van der Waals surface area contributed by atoms with E-state index in [4.69, 9.17) is 55.1 Å². The Morgan fingerprint density at radius 1 is 0.524 bits per heavy atom. The van der Waals surface area contributed by atoms with Crippen molar-refractivity contribution in [3.8, 4) is 0 Å². The molecule has 0 saturated carbocycles. The van der Waals surface area contributed by atoms with E-state index < -0.39 is 197 Å². The van der Waals surface area contributed by atoms with Crippen molar-refractivity contribution in [3.05, 3.63) is 42.0 Å². The second kappa shape index (κ2) is 63.7. The number of imidazole rings is 1. The molecule has 27 N–H and O–H groups in total. The second-order valence-corrected chi connectivity index (χ2v) is 27.3. The number of H-pyrrole nitrogens is 1. The van der Waals surface area contributed by atoms with Crippen LogP contribution in [0.15, 0.2) is 41.3 Å². The summed E-state index contributed by atoms with van der Waals surface area (Å²) in [5, 5.41) is 46.9. The molecule has 5 atom stereocenters. The van der Waals surface area contributed by atoms with Gasteiger partial charge in [-0.1, -0.05) is 13.3 Å². The van der Waals surface area contributed by atoms with Crippen LogP contribution < -0.4 is 124 Å². The SMILES string of the molecule is CCCCC(=O)NCCOCCOCCOCC(=O)NCC(=O)N[C@@H](Cc1cnc[nH]1)C(=O)NCC(=O)N[C@@H](CCCN=C(N)N)C(=O)NCC(=O)N[C@@H](CC1=CNCN1)C(=O)NCC(=O)NCCOCCOCCOCCOCCOCC(=O)N[C@H]1CC2=CN(CCCC[C@@H](C(N)=O)NC(=O)CNC(=O)CNC(=O)CNC(=O)CNC(=O)CNC1=O)NN2. The van der Waals surface area contributed by atoms with Gasteiger partial charge in [0.15, 0.2) is 5.96 Å². The van der Waals surface area contributed by atoms with Crippen LogP contribution in [0, 0.1) is 0 Å². The third-order valence-corrected chi connectivity index (χ3v) is 17.1. The molecule has 0 unspecified atom stereocenters. The zero-order valence-corrected chi connectivity index (χ0v) is 69.5. The highest BCUT2D eigenvalue weighted by Gasteiger charge is 2.30. The largest absolute Gasteiger partial charge is 0.377 e. The number of aromatic amines is 1. The van der Waals surface area contributed by atoms with Gasteiger partial charge in [-0.2, -0.15) is 0 Å². The molecule has 4 heterocycles. The Bertz CT molecular complexity index is 3650. The molecule has 0 fully saturated rings. The van der Waals surface area contributed by atoms with E-state index in [0.29, 0.717) is 62.7 Å². The van der Waals surface area contributed by atoms with Gasteiger partial charge in [-0.3, -0.25) is 91.5 Å². The molecule has 52 nitrogen and oxygen atoms in total. The van der Waals surface area contributed by atoms with Crippen LogP contribution in [-0.4, -0.2) is 349 Å². The van der Waals surface area contributed by atoms with E-state index in [-0.39, 0.29) is 149 Å². The fourth-order valence-corrected chi connectivity index (χ4v) is 10.8. The highest BCUT2D eigenvalue weighted by Crippen LogP contribution is 2.12. The highest BCUT2D eigenvalue weighted by atomic mass is 16.6. The van der Waals surface area contributed by atoms with Crippen LogP contribution in [0.5, 0.6) is 0 Å². The number of nitrogens with zero attached hydrogens (tertiary/aromatic N) is 3. The Kier molecular flexibility index (Phi) is 53.5. The Morgan fingerprint density at radius 3 is 1.52 bits per heavy atom. The third-order valence-electron chi connectivity index (χ3n) is 17.1. The third kappa shape index (κ3) is 50.9. The van der Waals surface area contributed by atoms with Crippen LogP contribution in [0.4, 0.5) is 0 Å². The van der Waals surface area contributed by atoms with Gasteiger partial charge in [0.25, 0.3) is 0 Å². The summed E-state index contributed by atoms with van der Waals surface area (Å²) in [7, 11) is 0. The molecule has 0 saturated heterocycles. The standard InChI is InChI=1S/C72H121N27O25/c1-2-3-9-55(100)78-11-14-117-17-19-121-24-26-123-43-65(110)85-39-62(107)94-53(29-48-32-77-46-91-48)70(115)89-40-63(108)93-51(8-6-10-80-72(74)75)68(113)88-41-64(109)95-52(28-47-31-76-45-90-47)69(114)86-36-56(101)79-12-15-118-16-18-119-20-21-120-22-23-122-25-27-124-44-66(111)96-54-30-49-42-99(98-97-49)13-5-4-7-50(67(73)112)92-61(106)38-84-59(104)35-82-57(102)33-81-58(103)34-83-60(105)37-87-71(54)116/h31-32,42,46,50-54,76,90,97-98H,2-30,33-41,43-45H2,1H3,(H2,73,112)(H,77,91)(H,78,100)(H,79,101)(H,81,103)(H,82,102)(H,83,105)(H,84,104)(H,85,110)(H,86,114)(H,87,116)(H,88,113)(H,89,115)(H,92,106)(H,93,108)(H,94,107)(H,95,109)(H,96,111)(H4,74,75,80)/t50-,51-,52-,53-,54-/m0/s1. The van der Waals surface area contributed by atoms with E-state index in [1.807, 2.05) is 6.92 Å². The quantitative estimate of drug-likeness (QED) is 0.0164. The Hall–Kier alpha value is -12.2. The lowest BCUT2D eigenvalue weighted by Gasteiger charge is -2.21. The summed E-state index contributed by atoms with van der Waals surface area (Å²) in [5.74, 6) is -12.3. The lowest BCUT2D eigenvalue weighted by Crippen LogP contribution is -2.55. The molecule has 3 aliphatic heterocycles. The number of nitrogens with one attached hydrogen (secondary N) is 21. The summed E-state index contributed by atoms with van der Waals surface area (Å²) in [6.07, 6.45) is 9.13. The van der Waals surface area contributed by atoms with E-state index in [2.05, 4.69) is 122 Å². The number of guanidine groups is 1. The molecule has 694 valence electrons. The molecular formula is C72H121N27O25. The molecule has 1 aromatic rings. The Labute approximate surface area is 714 Å². The van der Waals surface area contributed by atoms with Crippen molar-refractivity contribution in [3.63, 3.8) is 0 Å². The average Bonchev–Trinajstić information content (AvgIpc) is 1.67. The minimum atomic E-state index is -1.31. The molecule has 3 aliphatic rings. The van der Waals surface area contributed by atoms with Gasteiger partial charge in [-0.15, -0.1) is 5.53 Å². The molecule has 4 rings (SSSR count). The predicted octanol–water partition coefficient (Wildman–Crippen LogP) is -13.4. The van der Waals surface area contributed by atoms with Crippen LogP contribution in [0.3, 0.4) is 0 Å². The number of hydrogen-bond donors (Lipinski definition) is 24. The van der Waals surface area contributed by atoms with Crippen molar-refractivity contribution >= 4 is 106 Å². The van der Waals surface area contributed by atoms with Gasteiger partial charge in [0, 0.05) is 87.5 Å². The molecule has 1 aromatic heterocycles. The maximum absolute atomic E-state index is 13.6. The van der Waals surface area contributed by atoms with Crippen LogP contribution in [0.1, 0.15) is 76.8 Å². The Morgan fingerprint density at radius 2 is 1.01 bits per heavy atom. The maximum Gasteiger partial charge on any atom is 0.246 e. The molecule has 0 spiro atoms. The molecule has 124 heavy (non-hydrogen) atoms. The topological polar surface area (TPSA) is 727 Å². The van der Waals surface area contributed by atoms with E-state index in [1.165, 1.54) is 12.5 Å². The van der Waals surface area contributed by atoms with Gasteiger partial charge < -0.3 is 161 Å². The monoisotopic (exact) mass is 1760 g/mol. The van der Waals surface area contributed by atoms with Gasteiger partial charge in [0.1, 0.15) is 43.4 Å². The maximum atomic E-state index is 13.6. The van der Waals surface area contributed by atoms with E-state index in [9.17, 15) is 81.5 Å². The number of aromatic nitrogens is 2.